The highest BCUT2D eigenvalue weighted by Crippen LogP contribution is 2.07. The van der Waals surface area contributed by atoms with Gasteiger partial charge < -0.3 is 9.84 Å². The molecular weight excluding hydrogens is 190 g/mol. The molecule has 0 radical (unpaired) electrons. The van der Waals surface area contributed by atoms with Crippen LogP contribution in [0.15, 0.2) is 4.52 Å². The van der Waals surface area contributed by atoms with E-state index in [2.05, 4.69) is 43.2 Å². The van der Waals surface area contributed by atoms with Crippen molar-refractivity contribution >= 4 is 0 Å². The Morgan fingerprint density at radius 3 is 2.60 bits per heavy atom. The normalized spacial score (nSPS) is 11.6. The third-order valence-corrected chi connectivity index (χ3v) is 2.11. The second-order valence-electron chi connectivity index (χ2n) is 4.57. The zero-order valence-corrected chi connectivity index (χ0v) is 10.1. The van der Waals surface area contributed by atoms with Gasteiger partial charge in [-0.25, -0.2) is 0 Å². The Hall–Kier alpha value is -0.900. The zero-order valence-electron chi connectivity index (χ0n) is 10.1. The van der Waals surface area contributed by atoms with Crippen LogP contribution in [0.3, 0.4) is 0 Å². The molecule has 0 aliphatic heterocycles. The summed E-state index contributed by atoms with van der Waals surface area (Å²) < 4.78 is 5.15. The summed E-state index contributed by atoms with van der Waals surface area (Å²) in [6, 6.07) is 0.447. The standard InChI is InChI=1S/C11H21N3O/c1-8(2)5-6-11-13-10(14-15-11)7-12-9(3)4/h8-9,12H,5-7H2,1-4H3. The number of nitrogens with zero attached hydrogens (tertiary/aromatic N) is 2. The first-order valence-corrected chi connectivity index (χ1v) is 5.62. The molecule has 0 amide bonds. The number of nitrogens with one attached hydrogen (secondary N) is 1. The van der Waals surface area contributed by atoms with Crippen molar-refractivity contribution in [2.45, 2.75) is 53.1 Å². The van der Waals surface area contributed by atoms with E-state index in [1.807, 2.05) is 0 Å². The number of aromatic nitrogens is 2. The predicted octanol–water partition coefficient (Wildman–Crippen LogP) is 2.16. The fourth-order valence-electron chi connectivity index (χ4n) is 1.17. The van der Waals surface area contributed by atoms with Crippen LogP contribution in [-0.2, 0) is 13.0 Å². The van der Waals surface area contributed by atoms with Crippen LogP contribution >= 0.6 is 0 Å². The van der Waals surface area contributed by atoms with Crippen LogP contribution < -0.4 is 5.32 Å². The summed E-state index contributed by atoms with van der Waals surface area (Å²) in [5.74, 6) is 2.18. The number of rotatable bonds is 6. The Labute approximate surface area is 91.5 Å². The minimum Gasteiger partial charge on any atom is -0.339 e. The van der Waals surface area contributed by atoms with Crippen molar-refractivity contribution in [3.63, 3.8) is 0 Å². The van der Waals surface area contributed by atoms with E-state index in [4.69, 9.17) is 4.52 Å². The lowest BCUT2D eigenvalue weighted by molar-refractivity contribution is 0.361. The van der Waals surface area contributed by atoms with Gasteiger partial charge in [0.05, 0.1) is 6.54 Å². The fraction of sp³-hybridized carbons (Fsp3) is 0.818. The molecule has 1 heterocycles. The van der Waals surface area contributed by atoms with Gasteiger partial charge in [-0.15, -0.1) is 0 Å². The molecule has 0 saturated heterocycles. The number of hydrogen-bond acceptors (Lipinski definition) is 4. The highest BCUT2D eigenvalue weighted by molar-refractivity contribution is 4.86. The van der Waals surface area contributed by atoms with Gasteiger partial charge in [0.25, 0.3) is 0 Å². The second-order valence-corrected chi connectivity index (χ2v) is 4.57. The minimum atomic E-state index is 0.447. The summed E-state index contributed by atoms with van der Waals surface area (Å²) in [7, 11) is 0. The highest BCUT2D eigenvalue weighted by Gasteiger charge is 2.07. The summed E-state index contributed by atoms with van der Waals surface area (Å²) in [5, 5.41) is 7.17. The molecule has 1 N–H and O–H groups in total. The first kappa shape index (κ1) is 12.2. The summed E-state index contributed by atoms with van der Waals surface area (Å²) in [4.78, 5) is 4.31. The molecular formula is C11H21N3O. The van der Waals surface area contributed by atoms with Crippen molar-refractivity contribution in [2.75, 3.05) is 0 Å². The van der Waals surface area contributed by atoms with Crippen LogP contribution in [0, 0.1) is 5.92 Å². The smallest absolute Gasteiger partial charge is 0.226 e. The number of aryl methyl sites for hydroxylation is 1. The first-order valence-electron chi connectivity index (χ1n) is 5.62. The molecule has 0 aliphatic rings. The van der Waals surface area contributed by atoms with Crippen LogP contribution in [0.4, 0.5) is 0 Å². The van der Waals surface area contributed by atoms with E-state index >= 15 is 0 Å². The lowest BCUT2D eigenvalue weighted by Crippen LogP contribution is -2.22. The Morgan fingerprint density at radius 1 is 1.27 bits per heavy atom. The molecule has 0 aromatic carbocycles. The molecule has 0 bridgehead atoms. The van der Waals surface area contributed by atoms with Crippen molar-refractivity contribution in [2.24, 2.45) is 5.92 Å². The predicted molar refractivity (Wildman–Crippen MR) is 59.4 cm³/mol. The summed E-state index contributed by atoms with van der Waals surface area (Å²) in [5.41, 5.74) is 0. The fourth-order valence-corrected chi connectivity index (χ4v) is 1.17. The van der Waals surface area contributed by atoms with Crippen LogP contribution in [-0.4, -0.2) is 16.2 Å². The molecule has 4 nitrogen and oxygen atoms in total. The molecule has 1 aromatic heterocycles. The van der Waals surface area contributed by atoms with Crippen LogP contribution in [0.5, 0.6) is 0 Å². The Balaban J connectivity index is 2.35. The molecule has 1 aromatic rings. The quantitative estimate of drug-likeness (QED) is 0.783. The van der Waals surface area contributed by atoms with Gasteiger partial charge in [0.1, 0.15) is 0 Å². The van der Waals surface area contributed by atoms with Crippen LogP contribution in [0.25, 0.3) is 0 Å². The summed E-state index contributed by atoms with van der Waals surface area (Å²) in [6.45, 7) is 9.26. The molecule has 0 spiro atoms. The molecule has 0 unspecified atom stereocenters. The molecule has 0 atom stereocenters. The molecule has 1 rings (SSSR count). The van der Waals surface area contributed by atoms with Crippen molar-refractivity contribution in [3.05, 3.63) is 11.7 Å². The second kappa shape index (κ2) is 5.85. The molecule has 0 fully saturated rings. The van der Waals surface area contributed by atoms with Gasteiger partial charge in [-0.05, 0) is 12.3 Å². The summed E-state index contributed by atoms with van der Waals surface area (Å²) >= 11 is 0. The number of hydrogen-bond donors (Lipinski definition) is 1. The van der Waals surface area contributed by atoms with Gasteiger partial charge in [-0.3, -0.25) is 0 Å². The Morgan fingerprint density at radius 2 is 2.00 bits per heavy atom. The molecule has 86 valence electrons. The average molecular weight is 211 g/mol. The average Bonchev–Trinajstić information content (AvgIpc) is 2.59. The van der Waals surface area contributed by atoms with E-state index in [1.165, 1.54) is 0 Å². The lowest BCUT2D eigenvalue weighted by Gasteiger charge is -2.03. The van der Waals surface area contributed by atoms with E-state index in [0.29, 0.717) is 18.5 Å². The van der Waals surface area contributed by atoms with Crippen molar-refractivity contribution in [1.29, 1.82) is 0 Å². The Bertz CT molecular complexity index is 255. The lowest BCUT2D eigenvalue weighted by atomic mass is 10.1. The van der Waals surface area contributed by atoms with Crippen LogP contribution in [0.2, 0.25) is 0 Å². The molecule has 15 heavy (non-hydrogen) atoms. The topological polar surface area (TPSA) is 51.0 Å². The maximum absolute atomic E-state index is 5.15. The highest BCUT2D eigenvalue weighted by atomic mass is 16.5. The molecule has 4 heteroatoms. The SMILES string of the molecule is CC(C)CCc1nc(CNC(C)C)no1. The van der Waals surface area contributed by atoms with Crippen molar-refractivity contribution in [1.82, 2.24) is 15.5 Å². The van der Waals surface area contributed by atoms with Gasteiger partial charge in [0, 0.05) is 12.5 Å². The van der Waals surface area contributed by atoms with Gasteiger partial charge >= 0.3 is 0 Å². The van der Waals surface area contributed by atoms with Crippen molar-refractivity contribution < 1.29 is 4.52 Å². The largest absolute Gasteiger partial charge is 0.339 e. The third-order valence-electron chi connectivity index (χ3n) is 2.11. The maximum Gasteiger partial charge on any atom is 0.226 e. The molecule has 0 aliphatic carbocycles. The van der Waals surface area contributed by atoms with E-state index < -0.39 is 0 Å². The zero-order chi connectivity index (χ0) is 11.3. The van der Waals surface area contributed by atoms with Gasteiger partial charge in [0.15, 0.2) is 5.82 Å². The monoisotopic (exact) mass is 211 g/mol. The third kappa shape index (κ3) is 4.93. The van der Waals surface area contributed by atoms with E-state index in [0.717, 1.165) is 24.6 Å². The van der Waals surface area contributed by atoms with Crippen molar-refractivity contribution in [3.8, 4) is 0 Å². The summed E-state index contributed by atoms with van der Waals surface area (Å²) in [6.07, 6.45) is 1.98. The van der Waals surface area contributed by atoms with Gasteiger partial charge in [-0.2, -0.15) is 4.98 Å². The van der Waals surface area contributed by atoms with E-state index in [-0.39, 0.29) is 0 Å². The maximum atomic E-state index is 5.15. The Kier molecular flexibility index (Phi) is 4.75. The van der Waals surface area contributed by atoms with Crippen LogP contribution in [0.1, 0.15) is 45.8 Å². The molecule has 0 saturated carbocycles. The van der Waals surface area contributed by atoms with Gasteiger partial charge in [-0.1, -0.05) is 32.9 Å². The minimum absolute atomic E-state index is 0.447. The first-order chi connectivity index (χ1) is 7.08. The van der Waals surface area contributed by atoms with E-state index in [1.54, 1.807) is 0 Å². The van der Waals surface area contributed by atoms with Gasteiger partial charge in [0.2, 0.25) is 5.89 Å². The van der Waals surface area contributed by atoms with E-state index in [9.17, 15) is 0 Å².